The van der Waals surface area contributed by atoms with Gasteiger partial charge in [-0.1, -0.05) is 23.9 Å². The van der Waals surface area contributed by atoms with Gasteiger partial charge in [0.2, 0.25) is 0 Å². The zero-order valence-corrected chi connectivity index (χ0v) is 14.6. The number of nitrogens with zero attached hydrogens (tertiary/aromatic N) is 3. The predicted molar refractivity (Wildman–Crippen MR) is 89.5 cm³/mol. The summed E-state index contributed by atoms with van der Waals surface area (Å²) in [6.07, 6.45) is 3.17. The van der Waals surface area contributed by atoms with E-state index >= 15 is 0 Å². The van der Waals surface area contributed by atoms with E-state index in [2.05, 4.69) is 36.7 Å². The molecule has 0 spiro atoms. The summed E-state index contributed by atoms with van der Waals surface area (Å²) in [5.41, 5.74) is 3.78. The molecular formula is C13H10BrN5O4S. The van der Waals surface area contributed by atoms with Crippen molar-refractivity contribution in [1.82, 2.24) is 20.8 Å². The molecular weight excluding hydrogens is 402 g/mol. The fraction of sp³-hybridized carbons (Fsp3) is 0.0769. The van der Waals surface area contributed by atoms with Gasteiger partial charge in [0.25, 0.3) is 17.5 Å². The van der Waals surface area contributed by atoms with E-state index in [1.807, 2.05) is 0 Å². The van der Waals surface area contributed by atoms with Gasteiger partial charge in [0.15, 0.2) is 5.16 Å². The number of nitro benzene ring substituents is 1. The Morgan fingerprint density at radius 1 is 1.25 bits per heavy atom. The fourth-order valence-electron chi connectivity index (χ4n) is 1.67. The van der Waals surface area contributed by atoms with E-state index < -0.39 is 16.7 Å². The van der Waals surface area contributed by atoms with E-state index in [4.69, 9.17) is 0 Å². The zero-order chi connectivity index (χ0) is 17.7. The second kappa shape index (κ2) is 7.84. The van der Waals surface area contributed by atoms with Crippen LogP contribution in [0, 0.1) is 10.1 Å². The minimum absolute atomic E-state index is 0.0252. The van der Waals surface area contributed by atoms with E-state index in [1.165, 1.54) is 42.2 Å². The first-order valence-electron chi connectivity index (χ1n) is 6.34. The van der Waals surface area contributed by atoms with Crippen molar-refractivity contribution < 1.29 is 14.5 Å². The van der Waals surface area contributed by atoms with Gasteiger partial charge in [-0.25, -0.2) is 9.97 Å². The first-order valence-corrected chi connectivity index (χ1v) is 8.36. The average Bonchev–Trinajstić information content (AvgIpc) is 2.59. The Hall–Kier alpha value is -2.53. The number of hydrogen-bond acceptors (Lipinski definition) is 7. The van der Waals surface area contributed by atoms with Gasteiger partial charge < -0.3 is 0 Å². The quantitative estimate of drug-likeness (QED) is 0.340. The number of amides is 2. The molecule has 0 fully saturated rings. The van der Waals surface area contributed by atoms with Crippen molar-refractivity contribution in [3.05, 3.63) is 56.3 Å². The Balaban J connectivity index is 2.12. The number of nitrogens with one attached hydrogen (secondary N) is 2. The molecule has 0 aliphatic carbocycles. The van der Waals surface area contributed by atoms with Crippen LogP contribution in [0.1, 0.15) is 20.8 Å². The number of nitro groups is 1. The van der Waals surface area contributed by atoms with Crippen LogP contribution in [0.2, 0.25) is 0 Å². The van der Waals surface area contributed by atoms with Gasteiger partial charge in [0.1, 0.15) is 11.3 Å². The number of hydrazine groups is 1. The summed E-state index contributed by atoms with van der Waals surface area (Å²) >= 11 is 4.40. The van der Waals surface area contributed by atoms with Gasteiger partial charge in [-0.15, -0.1) is 0 Å². The zero-order valence-electron chi connectivity index (χ0n) is 12.1. The summed E-state index contributed by atoms with van der Waals surface area (Å²) < 4.78 is 0.345. The molecule has 1 aromatic heterocycles. The Kier molecular flexibility index (Phi) is 5.82. The van der Waals surface area contributed by atoms with Crippen LogP contribution in [-0.2, 0) is 0 Å². The van der Waals surface area contributed by atoms with Gasteiger partial charge >= 0.3 is 0 Å². The van der Waals surface area contributed by atoms with Crippen molar-refractivity contribution in [3.63, 3.8) is 0 Å². The monoisotopic (exact) mass is 411 g/mol. The largest absolute Gasteiger partial charge is 0.289 e. The van der Waals surface area contributed by atoms with E-state index in [0.717, 1.165) is 0 Å². The third-order valence-electron chi connectivity index (χ3n) is 2.75. The fourth-order valence-corrected chi connectivity index (χ4v) is 2.39. The molecule has 1 heterocycles. The number of thioether (sulfide) groups is 1. The highest BCUT2D eigenvalue weighted by atomic mass is 79.9. The van der Waals surface area contributed by atoms with Gasteiger partial charge in [-0.05, 0) is 28.3 Å². The average molecular weight is 412 g/mol. The van der Waals surface area contributed by atoms with Gasteiger partial charge in [0.05, 0.1) is 9.40 Å². The molecule has 0 bridgehead atoms. The molecule has 0 radical (unpaired) electrons. The Morgan fingerprint density at radius 3 is 2.58 bits per heavy atom. The van der Waals surface area contributed by atoms with Gasteiger partial charge in [-0.2, -0.15) is 0 Å². The second-order valence-electron chi connectivity index (χ2n) is 4.24. The van der Waals surface area contributed by atoms with Crippen molar-refractivity contribution in [2.45, 2.75) is 5.16 Å². The number of halogens is 1. The number of benzene rings is 1. The number of carbonyl (C=O) groups excluding carboxylic acids is 2. The summed E-state index contributed by atoms with van der Waals surface area (Å²) in [5.74, 6) is -1.50. The van der Waals surface area contributed by atoms with E-state index in [-0.39, 0.29) is 16.9 Å². The molecule has 11 heteroatoms. The lowest BCUT2D eigenvalue weighted by molar-refractivity contribution is -0.385. The van der Waals surface area contributed by atoms with Crippen LogP contribution in [-0.4, -0.2) is 33.0 Å². The highest BCUT2D eigenvalue weighted by Crippen LogP contribution is 2.18. The molecule has 1 aromatic carbocycles. The molecule has 0 saturated heterocycles. The number of rotatable bonds is 4. The standard InChI is InChI=1S/C13H10BrN5O4S/c1-24-13-15-6-8(14)10(16-13)12(21)18-17-11(20)7-4-2-3-5-9(7)19(22)23/h2-6H,1H3,(H,17,20)(H,18,21). The molecule has 124 valence electrons. The Labute approximate surface area is 148 Å². The molecule has 0 aliphatic heterocycles. The first-order chi connectivity index (χ1) is 11.4. The van der Waals surface area contributed by atoms with Crippen LogP contribution >= 0.6 is 27.7 Å². The molecule has 2 amide bonds. The van der Waals surface area contributed by atoms with E-state index in [1.54, 1.807) is 6.26 Å². The van der Waals surface area contributed by atoms with E-state index in [9.17, 15) is 19.7 Å². The third kappa shape index (κ3) is 4.06. The molecule has 0 saturated carbocycles. The lowest BCUT2D eigenvalue weighted by atomic mass is 10.2. The van der Waals surface area contributed by atoms with Crippen LogP contribution in [0.3, 0.4) is 0 Å². The van der Waals surface area contributed by atoms with Crippen molar-refractivity contribution in [2.24, 2.45) is 0 Å². The number of carbonyl (C=O) groups is 2. The van der Waals surface area contributed by atoms with Crippen molar-refractivity contribution in [3.8, 4) is 0 Å². The van der Waals surface area contributed by atoms with Gasteiger partial charge in [-0.3, -0.25) is 30.6 Å². The highest BCUT2D eigenvalue weighted by Gasteiger charge is 2.20. The Bertz CT molecular complexity index is 817. The minimum atomic E-state index is -0.814. The molecule has 2 aromatic rings. The summed E-state index contributed by atoms with van der Waals surface area (Å²) in [7, 11) is 0. The van der Waals surface area contributed by atoms with Crippen LogP contribution in [0.5, 0.6) is 0 Å². The van der Waals surface area contributed by atoms with Crippen molar-refractivity contribution in [1.29, 1.82) is 0 Å². The van der Waals surface area contributed by atoms with Crippen LogP contribution in [0.15, 0.2) is 40.1 Å². The molecule has 2 rings (SSSR count). The Morgan fingerprint density at radius 2 is 1.92 bits per heavy atom. The predicted octanol–water partition coefficient (Wildman–Crippen LogP) is 1.94. The van der Waals surface area contributed by atoms with Crippen LogP contribution in [0.4, 0.5) is 5.69 Å². The lowest BCUT2D eigenvalue weighted by Crippen LogP contribution is -2.42. The van der Waals surface area contributed by atoms with E-state index in [0.29, 0.717) is 9.63 Å². The number of aromatic nitrogens is 2. The molecule has 9 nitrogen and oxygen atoms in total. The van der Waals surface area contributed by atoms with Crippen LogP contribution in [0.25, 0.3) is 0 Å². The maximum absolute atomic E-state index is 12.1. The third-order valence-corrected chi connectivity index (χ3v) is 3.90. The normalized spacial score (nSPS) is 10.1. The second-order valence-corrected chi connectivity index (χ2v) is 5.86. The molecule has 0 atom stereocenters. The maximum Gasteiger partial charge on any atom is 0.289 e. The minimum Gasteiger partial charge on any atom is -0.267 e. The number of para-hydroxylation sites is 1. The van der Waals surface area contributed by atoms with Crippen LogP contribution < -0.4 is 10.9 Å². The SMILES string of the molecule is CSc1ncc(Br)c(C(=O)NNC(=O)c2ccccc2[N+](=O)[O-])n1. The first kappa shape index (κ1) is 17.8. The lowest BCUT2D eigenvalue weighted by Gasteiger charge is -2.08. The summed E-state index contributed by atoms with van der Waals surface area (Å²) in [5, 5.41) is 11.3. The summed E-state index contributed by atoms with van der Waals surface area (Å²) in [6, 6.07) is 5.40. The molecule has 2 N–H and O–H groups in total. The maximum atomic E-state index is 12.1. The molecule has 0 unspecified atom stereocenters. The highest BCUT2D eigenvalue weighted by molar-refractivity contribution is 9.10. The molecule has 0 aliphatic rings. The number of hydrogen-bond donors (Lipinski definition) is 2. The smallest absolute Gasteiger partial charge is 0.267 e. The summed E-state index contributed by atoms with van der Waals surface area (Å²) in [4.78, 5) is 42.4. The van der Waals surface area contributed by atoms with Crippen molar-refractivity contribution >= 4 is 45.2 Å². The van der Waals surface area contributed by atoms with Gasteiger partial charge in [0, 0.05) is 12.3 Å². The van der Waals surface area contributed by atoms with Crippen molar-refractivity contribution in [2.75, 3.05) is 6.26 Å². The summed E-state index contributed by atoms with van der Waals surface area (Å²) in [6.45, 7) is 0. The molecule has 24 heavy (non-hydrogen) atoms. The topological polar surface area (TPSA) is 127 Å².